The molecule has 2 aliphatic rings. The summed E-state index contributed by atoms with van der Waals surface area (Å²) in [4.78, 5) is 13.0. The number of hydrogen-bond donors (Lipinski definition) is 1. The molecule has 4 rings (SSSR count). The van der Waals surface area contributed by atoms with E-state index in [0.29, 0.717) is 30.0 Å². The summed E-state index contributed by atoms with van der Waals surface area (Å²) in [6.07, 6.45) is 6.10. The van der Waals surface area contributed by atoms with Gasteiger partial charge in [-0.15, -0.1) is 0 Å². The Morgan fingerprint density at radius 1 is 1.09 bits per heavy atom. The molecule has 2 aromatic carbocycles. The molecular formula is C25H31ClN2O3S. The molecule has 1 aliphatic carbocycles. The third kappa shape index (κ3) is 5.53. The summed E-state index contributed by atoms with van der Waals surface area (Å²) in [6, 6.07) is 13.3. The number of amides is 1. The number of nitrogens with one attached hydrogen (secondary N) is 1. The highest BCUT2D eigenvalue weighted by atomic mass is 35.5. The first-order valence-corrected chi connectivity index (χ1v) is 13.4. The van der Waals surface area contributed by atoms with E-state index in [1.54, 1.807) is 24.3 Å². The predicted octanol–water partition coefficient (Wildman–Crippen LogP) is 4.64. The summed E-state index contributed by atoms with van der Waals surface area (Å²) >= 11 is 5.90. The highest BCUT2D eigenvalue weighted by Crippen LogP contribution is 2.26. The molecule has 1 aliphatic heterocycles. The maximum atomic E-state index is 13.0. The molecule has 1 heterocycles. The van der Waals surface area contributed by atoms with Crippen molar-refractivity contribution in [3.8, 4) is 0 Å². The average Bonchev–Trinajstić information content (AvgIpc) is 2.80. The van der Waals surface area contributed by atoms with Crippen LogP contribution in [-0.4, -0.2) is 31.7 Å². The van der Waals surface area contributed by atoms with Crippen molar-refractivity contribution in [2.75, 3.05) is 13.1 Å². The minimum absolute atomic E-state index is 0.0680. The van der Waals surface area contributed by atoms with Crippen molar-refractivity contribution in [1.29, 1.82) is 0 Å². The Bertz CT molecular complexity index is 1070. The maximum Gasteiger partial charge on any atom is 0.224 e. The van der Waals surface area contributed by atoms with Gasteiger partial charge in [-0.1, -0.05) is 41.9 Å². The van der Waals surface area contributed by atoms with Crippen LogP contribution >= 0.6 is 11.6 Å². The largest absolute Gasteiger partial charge is 0.349 e. The van der Waals surface area contributed by atoms with Crippen LogP contribution in [0.5, 0.6) is 0 Å². The molecule has 7 heteroatoms. The molecule has 0 spiro atoms. The number of benzene rings is 2. The van der Waals surface area contributed by atoms with Crippen LogP contribution in [0.1, 0.15) is 60.9 Å². The molecule has 0 unspecified atom stereocenters. The zero-order valence-electron chi connectivity index (χ0n) is 18.5. The molecule has 0 aromatic heterocycles. The molecule has 0 saturated carbocycles. The SMILES string of the molecule is C[C@H](NC(=O)[C@H]1CCCN(S(=O)(=O)Cc2ccc(Cl)cc2)C1)c1ccc2c(c1)CCCC2. The fraction of sp³-hybridized carbons (Fsp3) is 0.480. The number of piperidine rings is 1. The van der Waals surface area contributed by atoms with Crippen LogP contribution in [0.4, 0.5) is 0 Å². The Hall–Kier alpha value is -1.89. The van der Waals surface area contributed by atoms with Crippen molar-refractivity contribution in [1.82, 2.24) is 9.62 Å². The molecule has 1 amide bonds. The lowest BCUT2D eigenvalue weighted by Crippen LogP contribution is -2.46. The minimum Gasteiger partial charge on any atom is -0.349 e. The summed E-state index contributed by atoms with van der Waals surface area (Å²) in [6.45, 7) is 2.69. The summed E-state index contributed by atoms with van der Waals surface area (Å²) < 4.78 is 27.4. The fourth-order valence-corrected chi connectivity index (χ4v) is 6.47. The van der Waals surface area contributed by atoms with Gasteiger partial charge >= 0.3 is 0 Å². The third-order valence-corrected chi connectivity index (χ3v) is 8.71. The number of fused-ring (bicyclic) bond motifs is 1. The van der Waals surface area contributed by atoms with Crippen molar-refractivity contribution in [3.05, 3.63) is 69.7 Å². The summed E-state index contributed by atoms with van der Waals surface area (Å²) in [5, 5.41) is 3.70. The van der Waals surface area contributed by atoms with Gasteiger partial charge in [0, 0.05) is 18.1 Å². The van der Waals surface area contributed by atoms with Crippen molar-refractivity contribution in [2.24, 2.45) is 5.92 Å². The van der Waals surface area contributed by atoms with Gasteiger partial charge in [0.2, 0.25) is 15.9 Å². The van der Waals surface area contributed by atoms with E-state index in [9.17, 15) is 13.2 Å². The van der Waals surface area contributed by atoms with Crippen LogP contribution in [0.25, 0.3) is 0 Å². The Morgan fingerprint density at radius 2 is 1.81 bits per heavy atom. The van der Waals surface area contributed by atoms with Crippen molar-refractivity contribution >= 4 is 27.5 Å². The van der Waals surface area contributed by atoms with E-state index in [0.717, 1.165) is 18.4 Å². The molecule has 2 atom stereocenters. The van der Waals surface area contributed by atoms with E-state index >= 15 is 0 Å². The quantitative estimate of drug-likeness (QED) is 0.663. The van der Waals surface area contributed by atoms with Crippen molar-refractivity contribution in [3.63, 3.8) is 0 Å². The van der Waals surface area contributed by atoms with Gasteiger partial charge in [0.15, 0.2) is 0 Å². The van der Waals surface area contributed by atoms with Crippen LogP contribution < -0.4 is 5.32 Å². The first-order valence-electron chi connectivity index (χ1n) is 11.5. The highest BCUT2D eigenvalue weighted by Gasteiger charge is 2.33. The number of halogens is 1. The molecule has 1 N–H and O–H groups in total. The normalized spacial score (nSPS) is 20.4. The number of aryl methyl sites for hydroxylation is 2. The first kappa shape index (κ1) is 23.3. The van der Waals surface area contributed by atoms with Gasteiger partial charge < -0.3 is 5.32 Å². The Morgan fingerprint density at radius 3 is 2.56 bits per heavy atom. The summed E-state index contributed by atoms with van der Waals surface area (Å²) in [5.41, 5.74) is 4.63. The van der Waals surface area contributed by atoms with Crippen molar-refractivity contribution < 1.29 is 13.2 Å². The highest BCUT2D eigenvalue weighted by molar-refractivity contribution is 7.88. The second kappa shape index (κ2) is 9.94. The van der Waals surface area contributed by atoms with E-state index in [1.165, 1.54) is 28.3 Å². The van der Waals surface area contributed by atoms with Crippen molar-refractivity contribution in [2.45, 2.75) is 57.2 Å². The fourth-order valence-electron chi connectivity index (χ4n) is 4.73. The number of carbonyl (C=O) groups is 1. The Balaban J connectivity index is 1.38. The van der Waals surface area contributed by atoms with Crippen LogP contribution in [-0.2, 0) is 33.4 Å². The lowest BCUT2D eigenvalue weighted by Gasteiger charge is -2.32. The Kier molecular flexibility index (Phi) is 7.23. The number of rotatable bonds is 6. The molecular weight excluding hydrogens is 444 g/mol. The number of carbonyl (C=O) groups excluding carboxylic acids is 1. The van der Waals surface area contributed by atoms with Gasteiger partial charge in [0.1, 0.15) is 0 Å². The molecule has 0 bridgehead atoms. The Labute approximate surface area is 196 Å². The second-order valence-electron chi connectivity index (χ2n) is 9.05. The zero-order chi connectivity index (χ0) is 22.7. The van der Waals surface area contributed by atoms with Crippen LogP contribution in [0.3, 0.4) is 0 Å². The van der Waals surface area contributed by atoms with E-state index in [2.05, 4.69) is 23.5 Å². The lowest BCUT2D eigenvalue weighted by atomic mass is 9.89. The van der Waals surface area contributed by atoms with E-state index in [-0.39, 0.29) is 30.2 Å². The zero-order valence-corrected chi connectivity index (χ0v) is 20.1. The molecule has 172 valence electrons. The number of nitrogens with zero attached hydrogens (tertiary/aromatic N) is 1. The van der Waals surface area contributed by atoms with Gasteiger partial charge in [0.05, 0.1) is 17.7 Å². The average molecular weight is 475 g/mol. The second-order valence-corrected chi connectivity index (χ2v) is 11.5. The van der Waals surface area contributed by atoms with E-state index in [1.807, 2.05) is 6.92 Å². The predicted molar refractivity (Wildman–Crippen MR) is 128 cm³/mol. The van der Waals surface area contributed by atoms with Gasteiger partial charge in [-0.3, -0.25) is 4.79 Å². The molecule has 32 heavy (non-hydrogen) atoms. The molecule has 2 aromatic rings. The smallest absolute Gasteiger partial charge is 0.224 e. The van der Waals surface area contributed by atoms with Gasteiger partial charge in [-0.2, -0.15) is 0 Å². The monoisotopic (exact) mass is 474 g/mol. The molecule has 5 nitrogen and oxygen atoms in total. The van der Waals surface area contributed by atoms with Crippen LogP contribution in [0, 0.1) is 5.92 Å². The maximum absolute atomic E-state index is 13.0. The summed E-state index contributed by atoms with van der Waals surface area (Å²) in [5.74, 6) is -0.477. The lowest BCUT2D eigenvalue weighted by molar-refractivity contribution is -0.126. The van der Waals surface area contributed by atoms with E-state index < -0.39 is 10.0 Å². The van der Waals surface area contributed by atoms with Crippen LogP contribution in [0.2, 0.25) is 5.02 Å². The number of sulfonamides is 1. The summed E-state index contributed by atoms with van der Waals surface area (Å²) in [7, 11) is -3.50. The number of hydrogen-bond acceptors (Lipinski definition) is 3. The van der Waals surface area contributed by atoms with Gasteiger partial charge in [-0.25, -0.2) is 12.7 Å². The van der Waals surface area contributed by atoms with Gasteiger partial charge in [0.25, 0.3) is 0 Å². The van der Waals surface area contributed by atoms with E-state index in [4.69, 9.17) is 11.6 Å². The molecule has 1 saturated heterocycles. The van der Waals surface area contributed by atoms with Crippen LogP contribution in [0.15, 0.2) is 42.5 Å². The topological polar surface area (TPSA) is 66.5 Å². The molecule has 1 fully saturated rings. The molecule has 0 radical (unpaired) electrons. The minimum atomic E-state index is -3.50. The van der Waals surface area contributed by atoms with Gasteiger partial charge in [-0.05, 0) is 79.8 Å². The third-order valence-electron chi connectivity index (χ3n) is 6.64. The first-order chi connectivity index (χ1) is 15.3. The standard InChI is InChI=1S/C25H31ClN2O3S/c1-18(21-11-10-20-5-2-3-6-22(20)15-21)27-25(29)23-7-4-14-28(16-23)32(30,31)17-19-8-12-24(26)13-9-19/h8-13,15,18,23H,2-7,14,16-17H2,1H3,(H,27,29)/t18-,23-/m0/s1.